The standard InChI is InChI=1S/C18H28N2O/c1-5-11-21-12-10-20-9-8-16-7-6-15(13-17(16)20)14-19-18(2,3)4/h6-9,13,19H,5,10-12,14H2,1-4H3. The highest BCUT2D eigenvalue weighted by Gasteiger charge is 2.09. The fourth-order valence-electron chi connectivity index (χ4n) is 2.31. The minimum absolute atomic E-state index is 0.144. The number of nitrogens with one attached hydrogen (secondary N) is 1. The van der Waals surface area contributed by atoms with E-state index < -0.39 is 0 Å². The van der Waals surface area contributed by atoms with Crippen molar-refractivity contribution in [3.63, 3.8) is 0 Å². The number of ether oxygens (including phenoxy) is 1. The number of aromatic nitrogens is 1. The summed E-state index contributed by atoms with van der Waals surface area (Å²) in [7, 11) is 0. The van der Waals surface area contributed by atoms with Crippen LogP contribution in [0.4, 0.5) is 0 Å². The molecule has 3 nitrogen and oxygen atoms in total. The lowest BCUT2D eigenvalue weighted by atomic mass is 10.1. The summed E-state index contributed by atoms with van der Waals surface area (Å²) in [6, 6.07) is 8.88. The minimum atomic E-state index is 0.144. The Balaban J connectivity index is 2.05. The molecule has 2 aromatic rings. The van der Waals surface area contributed by atoms with E-state index in [1.54, 1.807) is 0 Å². The Labute approximate surface area is 128 Å². The second-order valence-corrected chi connectivity index (χ2v) is 6.62. The molecule has 0 atom stereocenters. The van der Waals surface area contributed by atoms with Crippen LogP contribution in [0.5, 0.6) is 0 Å². The van der Waals surface area contributed by atoms with Crippen LogP contribution in [0.25, 0.3) is 10.9 Å². The molecular formula is C18H28N2O. The first-order valence-corrected chi connectivity index (χ1v) is 7.90. The average Bonchev–Trinajstić information content (AvgIpc) is 2.83. The predicted molar refractivity (Wildman–Crippen MR) is 89.6 cm³/mol. The molecule has 0 saturated carbocycles. The number of hydrogen-bond donors (Lipinski definition) is 1. The van der Waals surface area contributed by atoms with Gasteiger partial charge in [-0.05, 0) is 50.3 Å². The molecule has 2 rings (SSSR count). The first kappa shape index (κ1) is 16.1. The summed E-state index contributed by atoms with van der Waals surface area (Å²) in [6.45, 7) is 12.2. The van der Waals surface area contributed by atoms with Gasteiger partial charge in [0.05, 0.1) is 6.61 Å². The lowest BCUT2D eigenvalue weighted by Crippen LogP contribution is -2.35. The van der Waals surface area contributed by atoms with E-state index in [2.05, 4.69) is 68.0 Å². The molecule has 0 aliphatic rings. The molecule has 1 aromatic carbocycles. The lowest BCUT2D eigenvalue weighted by molar-refractivity contribution is 0.127. The molecule has 1 aromatic heterocycles. The second kappa shape index (κ2) is 7.10. The van der Waals surface area contributed by atoms with Crippen molar-refractivity contribution in [2.24, 2.45) is 0 Å². The normalized spacial score (nSPS) is 12.2. The topological polar surface area (TPSA) is 26.2 Å². The van der Waals surface area contributed by atoms with Gasteiger partial charge in [-0.3, -0.25) is 0 Å². The number of nitrogens with zero attached hydrogens (tertiary/aromatic N) is 1. The van der Waals surface area contributed by atoms with Crippen molar-refractivity contribution in [3.8, 4) is 0 Å². The molecule has 1 heterocycles. The Morgan fingerprint density at radius 2 is 1.95 bits per heavy atom. The van der Waals surface area contributed by atoms with E-state index in [4.69, 9.17) is 4.74 Å². The Bertz CT molecular complexity index is 566. The summed E-state index contributed by atoms with van der Waals surface area (Å²) in [4.78, 5) is 0. The van der Waals surface area contributed by atoms with E-state index in [1.807, 2.05) is 0 Å². The summed E-state index contributed by atoms with van der Waals surface area (Å²) < 4.78 is 7.88. The van der Waals surface area contributed by atoms with E-state index in [-0.39, 0.29) is 5.54 Å². The maximum absolute atomic E-state index is 5.59. The maximum Gasteiger partial charge on any atom is 0.0645 e. The molecule has 1 N–H and O–H groups in total. The Hall–Kier alpha value is -1.32. The predicted octanol–water partition coefficient (Wildman–Crippen LogP) is 3.96. The van der Waals surface area contributed by atoms with Gasteiger partial charge in [0.2, 0.25) is 0 Å². The van der Waals surface area contributed by atoms with Crippen molar-refractivity contribution in [2.75, 3.05) is 13.2 Å². The fraction of sp³-hybridized carbons (Fsp3) is 0.556. The molecule has 0 spiro atoms. The highest BCUT2D eigenvalue weighted by molar-refractivity contribution is 5.80. The molecule has 0 radical (unpaired) electrons. The number of benzene rings is 1. The zero-order valence-corrected chi connectivity index (χ0v) is 13.8. The van der Waals surface area contributed by atoms with Gasteiger partial charge in [0.15, 0.2) is 0 Å². The van der Waals surface area contributed by atoms with Gasteiger partial charge in [-0.25, -0.2) is 0 Å². The highest BCUT2D eigenvalue weighted by Crippen LogP contribution is 2.18. The Kier molecular flexibility index (Phi) is 5.43. The van der Waals surface area contributed by atoms with Crippen molar-refractivity contribution >= 4 is 10.9 Å². The summed E-state index contributed by atoms with van der Waals surface area (Å²) in [6.07, 6.45) is 3.23. The molecule has 116 valence electrons. The first-order valence-electron chi connectivity index (χ1n) is 7.90. The molecule has 0 aliphatic heterocycles. The van der Waals surface area contributed by atoms with E-state index in [0.717, 1.165) is 32.7 Å². The van der Waals surface area contributed by atoms with Crippen LogP contribution >= 0.6 is 0 Å². The molecule has 0 amide bonds. The van der Waals surface area contributed by atoms with Gasteiger partial charge in [0, 0.05) is 36.9 Å². The minimum Gasteiger partial charge on any atom is -0.380 e. The van der Waals surface area contributed by atoms with Crippen LogP contribution in [0.2, 0.25) is 0 Å². The fourth-order valence-corrected chi connectivity index (χ4v) is 2.31. The molecule has 0 aliphatic carbocycles. The smallest absolute Gasteiger partial charge is 0.0645 e. The van der Waals surface area contributed by atoms with Crippen LogP contribution in [-0.4, -0.2) is 23.3 Å². The van der Waals surface area contributed by atoms with E-state index >= 15 is 0 Å². The summed E-state index contributed by atoms with van der Waals surface area (Å²) in [5.41, 5.74) is 2.76. The summed E-state index contributed by atoms with van der Waals surface area (Å²) in [5.74, 6) is 0. The third kappa shape index (κ3) is 4.87. The van der Waals surface area contributed by atoms with Crippen LogP contribution in [0, 0.1) is 0 Å². The van der Waals surface area contributed by atoms with Crippen molar-refractivity contribution in [2.45, 2.75) is 52.7 Å². The quantitative estimate of drug-likeness (QED) is 0.781. The third-order valence-corrected chi connectivity index (χ3v) is 3.49. The molecular weight excluding hydrogens is 260 g/mol. The zero-order valence-electron chi connectivity index (χ0n) is 13.8. The van der Waals surface area contributed by atoms with Gasteiger partial charge in [0.25, 0.3) is 0 Å². The number of hydrogen-bond acceptors (Lipinski definition) is 2. The van der Waals surface area contributed by atoms with Gasteiger partial charge < -0.3 is 14.6 Å². The number of rotatable bonds is 7. The highest BCUT2D eigenvalue weighted by atomic mass is 16.5. The molecule has 0 unspecified atom stereocenters. The molecule has 0 saturated heterocycles. The Morgan fingerprint density at radius 1 is 1.14 bits per heavy atom. The molecule has 3 heteroatoms. The van der Waals surface area contributed by atoms with Crippen LogP contribution in [0.1, 0.15) is 39.7 Å². The lowest BCUT2D eigenvalue weighted by Gasteiger charge is -2.20. The zero-order chi connectivity index (χ0) is 15.3. The number of fused-ring (bicyclic) bond motifs is 1. The van der Waals surface area contributed by atoms with Crippen LogP contribution in [-0.2, 0) is 17.8 Å². The van der Waals surface area contributed by atoms with Crippen molar-refractivity contribution in [1.82, 2.24) is 9.88 Å². The van der Waals surface area contributed by atoms with Gasteiger partial charge in [-0.1, -0.05) is 19.1 Å². The van der Waals surface area contributed by atoms with Crippen molar-refractivity contribution < 1.29 is 4.74 Å². The first-order chi connectivity index (χ1) is 9.99. The van der Waals surface area contributed by atoms with Crippen molar-refractivity contribution in [3.05, 3.63) is 36.0 Å². The van der Waals surface area contributed by atoms with Gasteiger partial charge in [-0.15, -0.1) is 0 Å². The molecule has 0 fully saturated rings. The van der Waals surface area contributed by atoms with Gasteiger partial charge in [-0.2, -0.15) is 0 Å². The Morgan fingerprint density at radius 3 is 2.67 bits per heavy atom. The SMILES string of the molecule is CCCOCCn1ccc2ccc(CNC(C)(C)C)cc21. The van der Waals surface area contributed by atoms with Crippen molar-refractivity contribution in [1.29, 1.82) is 0 Å². The average molecular weight is 288 g/mol. The van der Waals surface area contributed by atoms with E-state index in [9.17, 15) is 0 Å². The second-order valence-electron chi connectivity index (χ2n) is 6.62. The van der Waals surface area contributed by atoms with Gasteiger partial charge >= 0.3 is 0 Å². The van der Waals surface area contributed by atoms with E-state index in [0.29, 0.717) is 0 Å². The van der Waals surface area contributed by atoms with Crippen LogP contribution < -0.4 is 5.32 Å². The monoisotopic (exact) mass is 288 g/mol. The van der Waals surface area contributed by atoms with Crippen LogP contribution in [0.15, 0.2) is 30.5 Å². The summed E-state index contributed by atoms with van der Waals surface area (Å²) in [5, 5.41) is 4.84. The van der Waals surface area contributed by atoms with Gasteiger partial charge in [0.1, 0.15) is 0 Å². The van der Waals surface area contributed by atoms with E-state index in [1.165, 1.54) is 16.5 Å². The maximum atomic E-state index is 5.59. The largest absolute Gasteiger partial charge is 0.380 e. The summed E-state index contributed by atoms with van der Waals surface area (Å²) >= 11 is 0. The molecule has 21 heavy (non-hydrogen) atoms. The molecule has 0 bridgehead atoms. The third-order valence-electron chi connectivity index (χ3n) is 3.49. The van der Waals surface area contributed by atoms with Crippen LogP contribution in [0.3, 0.4) is 0 Å².